The Hall–Kier alpha value is -1.04. The number of thioether (sulfide) groups is 1. The van der Waals surface area contributed by atoms with Crippen LogP contribution in [0, 0.1) is 11.3 Å². The Bertz CT molecular complexity index is 567. The third-order valence-corrected chi connectivity index (χ3v) is 7.45. The smallest absolute Gasteiger partial charge is 0.252 e. The largest absolute Gasteiger partial charge is 0.348 e. The normalized spacial score (nSPS) is 29.8. The minimum atomic E-state index is 0.0890. The molecule has 0 spiro atoms. The monoisotopic (exact) mass is 365 g/mol. The summed E-state index contributed by atoms with van der Waals surface area (Å²) in [7, 11) is 0. The van der Waals surface area contributed by atoms with Crippen LogP contribution in [0.1, 0.15) is 59.8 Å². The molecule has 25 heavy (non-hydrogen) atoms. The van der Waals surface area contributed by atoms with E-state index >= 15 is 0 Å². The number of amidine groups is 1. The highest BCUT2D eigenvalue weighted by molar-refractivity contribution is 8.14. The summed E-state index contributed by atoms with van der Waals surface area (Å²) < 4.78 is 0. The molecule has 0 aromatic carbocycles. The van der Waals surface area contributed by atoms with Gasteiger partial charge in [-0.2, -0.15) is 4.99 Å². The first-order valence-electron chi connectivity index (χ1n) is 9.62. The lowest BCUT2D eigenvalue weighted by atomic mass is 9.71. The molecule has 5 nitrogen and oxygen atoms in total. The minimum absolute atomic E-state index is 0.0890. The Morgan fingerprint density at radius 1 is 1.32 bits per heavy atom. The summed E-state index contributed by atoms with van der Waals surface area (Å²) in [6, 6.07) is 0.385. The van der Waals surface area contributed by atoms with Gasteiger partial charge in [0.25, 0.3) is 5.91 Å². The SMILES string of the molecule is CCN(C1=NC(=O)C2CC(C)(C)CCC2S1)C1CCN(C(C)=O)CC1. The molecule has 2 amide bonds. The molecule has 2 atom stereocenters. The number of nitrogens with zero attached hydrogens (tertiary/aromatic N) is 3. The van der Waals surface area contributed by atoms with Crippen molar-refractivity contribution in [2.45, 2.75) is 71.1 Å². The second-order valence-corrected chi connectivity index (χ2v) is 9.63. The number of piperidine rings is 1. The predicted octanol–water partition coefficient (Wildman–Crippen LogP) is 3.14. The Morgan fingerprint density at radius 2 is 2.00 bits per heavy atom. The molecule has 2 aliphatic heterocycles. The van der Waals surface area contributed by atoms with E-state index in [0.717, 1.165) is 50.5 Å². The molecule has 3 rings (SSSR count). The van der Waals surface area contributed by atoms with Crippen LogP contribution in [-0.4, -0.2) is 57.7 Å². The van der Waals surface area contributed by atoms with E-state index in [1.807, 2.05) is 16.7 Å². The van der Waals surface area contributed by atoms with Gasteiger partial charge < -0.3 is 9.80 Å². The fourth-order valence-electron chi connectivity index (χ4n) is 4.46. The maximum absolute atomic E-state index is 12.7. The highest BCUT2D eigenvalue weighted by Gasteiger charge is 2.43. The van der Waals surface area contributed by atoms with Crippen LogP contribution in [0.4, 0.5) is 0 Å². The quantitative estimate of drug-likeness (QED) is 0.754. The van der Waals surface area contributed by atoms with E-state index in [1.54, 1.807) is 6.92 Å². The molecule has 1 saturated carbocycles. The Morgan fingerprint density at radius 3 is 2.60 bits per heavy atom. The average molecular weight is 366 g/mol. The third-order valence-electron chi connectivity index (χ3n) is 6.04. The maximum atomic E-state index is 12.7. The molecule has 140 valence electrons. The van der Waals surface area contributed by atoms with Gasteiger partial charge in [-0.25, -0.2) is 0 Å². The standard InChI is InChI=1S/C19H31N3O2S/c1-5-22(14-7-10-21(11-8-14)13(2)23)18-20-17(24)15-12-19(3,4)9-6-16(15)25-18/h14-16H,5-12H2,1-4H3. The molecule has 0 bridgehead atoms. The number of amides is 2. The van der Waals surface area contributed by atoms with E-state index in [2.05, 4.69) is 30.7 Å². The summed E-state index contributed by atoms with van der Waals surface area (Å²) in [6.07, 6.45) is 5.17. The van der Waals surface area contributed by atoms with Crippen molar-refractivity contribution in [3.05, 3.63) is 0 Å². The van der Waals surface area contributed by atoms with Crippen molar-refractivity contribution < 1.29 is 9.59 Å². The van der Waals surface area contributed by atoms with Crippen LogP contribution in [0.3, 0.4) is 0 Å². The van der Waals surface area contributed by atoms with Crippen molar-refractivity contribution in [3.8, 4) is 0 Å². The first-order chi connectivity index (χ1) is 11.8. The van der Waals surface area contributed by atoms with Gasteiger partial charge in [0.05, 0.1) is 5.92 Å². The number of carbonyl (C=O) groups excluding carboxylic acids is 2. The molecule has 0 aromatic rings. The molecule has 3 aliphatic rings. The van der Waals surface area contributed by atoms with Gasteiger partial charge in [0.15, 0.2) is 5.17 Å². The van der Waals surface area contributed by atoms with Crippen molar-refractivity contribution in [1.82, 2.24) is 9.80 Å². The summed E-state index contributed by atoms with van der Waals surface area (Å²) in [5.41, 5.74) is 0.258. The van der Waals surface area contributed by atoms with Gasteiger partial charge in [-0.05, 0) is 44.4 Å². The topological polar surface area (TPSA) is 53.0 Å². The highest BCUT2D eigenvalue weighted by Crippen LogP contribution is 2.46. The lowest BCUT2D eigenvalue weighted by molar-refractivity contribution is -0.130. The molecular weight excluding hydrogens is 334 g/mol. The van der Waals surface area contributed by atoms with E-state index < -0.39 is 0 Å². The molecule has 2 fully saturated rings. The van der Waals surface area contributed by atoms with Crippen molar-refractivity contribution in [2.24, 2.45) is 16.3 Å². The molecule has 2 unspecified atom stereocenters. The number of carbonyl (C=O) groups is 2. The van der Waals surface area contributed by atoms with Crippen molar-refractivity contribution >= 4 is 28.7 Å². The van der Waals surface area contributed by atoms with Crippen molar-refractivity contribution in [2.75, 3.05) is 19.6 Å². The molecular formula is C19H31N3O2S. The summed E-state index contributed by atoms with van der Waals surface area (Å²) in [6.45, 7) is 10.8. The lowest BCUT2D eigenvalue weighted by Gasteiger charge is -2.44. The first kappa shape index (κ1) is 18.7. The molecule has 6 heteroatoms. The summed E-state index contributed by atoms with van der Waals surface area (Å²) in [5, 5.41) is 1.31. The van der Waals surface area contributed by atoms with Gasteiger partial charge in [-0.1, -0.05) is 25.6 Å². The van der Waals surface area contributed by atoms with E-state index in [0.29, 0.717) is 11.3 Å². The van der Waals surface area contributed by atoms with Gasteiger partial charge in [-0.3, -0.25) is 9.59 Å². The van der Waals surface area contributed by atoms with Gasteiger partial charge >= 0.3 is 0 Å². The highest BCUT2D eigenvalue weighted by atomic mass is 32.2. The van der Waals surface area contributed by atoms with Gasteiger partial charge in [0, 0.05) is 37.8 Å². The van der Waals surface area contributed by atoms with Crippen LogP contribution in [0.15, 0.2) is 4.99 Å². The van der Waals surface area contributed by atoms with E-state index in [-0.39, 0.29) is 23.1 Å². The van der Waals surface area contributed by atoms with E-state index in [9.17, 15) is 9.59 Å². The predicted molar refractivity (Wildman–Crippen MR) is 103 cm³/mol. The van der Waals surface area contributed by atoms with Crippen LogP contribution in [0.25, 0.3) is 0 Å². The lowest BCUT2D eigenvalue weighted by Crippen LogP contribution is -2.50. The molecule has 1 saturated heterocycles. The fraction of sp³-hybridized carbons (Fsp3) is 0.842. The zero-order chi connectivity index (χ0) is 18.2. The van der Waals surface area contributed by atoms with Gasteiger partial charge in [-0.15, -0.1) is 0 Å². The van der Waals surface area contributed by atoms with Crippen LogP contribution in [0.5, 0.6) is 0 Å². The number of aliphatic imine (C=N–C) groups is 1. The van der Waals surface area contributed by atoms with Crippen molar-refractivity contribution in [1.29, 1.82) is 0 Å². The second kappa shape index (κ2) is 7.29. The second-order valence-electron chi connectivity index (χ2n) is 8.43. The average Bonchev–Trinajstić information content (AvgIpc) is 2.56. The number of rotatable bonds is 2. The summed E-state index contributed by atoms with van der Waals surface area (Å²) >= 11 is 1.83. The molecule has 2 heterocycles. The van der Waals surface area contributed by atoms with Crippen LogP contribution in [0.2, 0.25) is 0 Å². The Kier molecular flexibility index (Phi) is 5.47. The van der Waals surface area contributed by atoms with Gasteiger partial charge in [0.2, 0.25) is 5.91 Å². The van der Waals surface area contributed by atoms with Crippen LogP contribution >= 0.6 is 11.8 Å². The summed E-state index contributed by atoms with van der Waals surface area (Å²) in [5.74, 6) is 0.343. The Balaban J connectivity index is 1.70. The molecule has 0 aromatic heterocycles. The summed E-state index contributed by atoms with van der Waals surface area (Å²) in [4.78, 5) is 33.0. The number of hydrogen-bond acceptors (Lipinski definition) is 4. The number of fused-ring (bicyclic) bond motifs is 1. The number of likely N-dealkylation sites (tertiary alicyclic amines) is 1. The van der Waals surface area contributed by atoms with E-state index in [1.165, 1.54) is 6.42 Å². The third kappa shape index (κ3) is 4.04. The fourth-order valence-corrected chi connectivity index (χ4v) is 5.90. The molecule has 1 aliphatic carbocycles. The number of hydrogen-bond donors (Lipinski definition) is 0. The molecule has 0 radical (unpaired) electrons. The minimum Gasteiger partial charge on any atom is -0.348 e. The zero-order valence-electron chi connectivity index (χ0n) is 16.0. The first-order valence-corrected chi connectivity index (χ1v) is 10.5. The molecule has 0 N–H and O–H groups in total. The van der Waals surface area contributed by atoms with Crippen LogP contribution < -0.4 is 0 Å². The van der Waals surface area contributed by atoms with Crippen LogP contribution in [-0.2, 0) is 9.59 Å². The zero-order valence-corrected chi connectivity index (χ0v) is 16.8. The van der Waals surface area contributed by atoms with E-state index in [4.69, 9.17) is 0 Å². The van der Waals surface area contributed by atoms with Gasteiger partial charge in [0.1, 0.15) is 0 Å². The maximum Gasteiger partial charge on any atom is 0.252 e. The van der Waals surface area contributed by atoms with Crippen molar-refractivity contribution in [3.63, 3.8) is 0 Å². The Labute approximate surface area is 155 Å².